The molecule has 24 heavy (non-hydrogen) atoms. The monoisotopic (exact) mass is 334 g/mol. The van der Waals surface area contributed by atoms with Crippen molar-refractivity contribution in [3.05, 3.63) is 35.6 Å². The molecule has 0 saturated carbocycles. The first-order chi connectivity index (χ1) is 11.5. The molecule has 1 aromatic carbocycles. The fourth-order valence-electron chi connectivity index (χ4n) is 3.00. The van der Waals surface area contributed by atoms with Crippen molar-refractivity contribution in [2.24, 2.45) is 5.92 Å². The lowest BCUT2D eigenvalue weighted by molar-refractivity contribution is -0.133. The molecule has 132 valence electrons. The number of nitrogens with zero attached hydrogens (tertiary/aromatic N) is 1. The maximum Gasteiger partial charge on any atom is 0.222 e. The molecule has 0 atom stereocenters. The number of benzene rings is 1. The second-order valence-corrected chi connectivity index (χ2v) is 6.91. The van der Waals surface area contributed by atoms with Crippen molar-refractivity contribution >= 4 is 11.8 Å². The highest BCUT2D eigenvalue weighted by molar-refractivity contribution is 5.77. The summed E-state index contributed by atoms with van der Waals surface area (Å²) < 4.78 is 13.5. The Morgan fingerprint density at radius 3 is 2.54 bits per heavy atom. The third kappa shape index (κ3) is 5.62. The van der Waals surface area contributed by atoms with Gasteiger partial charge in [0, 0.05) is 32.0 Å². The van der Waals surface area contributed by atoms with Gasteiger partial charge in [0.2, 0.25) is 11.8 Å². The van der Waals surface area contributed by atoms with Crippen LogP contribution >= 0.6 is 0 Å². The Morgan fingerprint density at radius 1 is 1.25 bits per heavy atom. The molecule has 2 amide bonds. The van der Waals surface area contributed by atoms with E-state index in [0.717, 1.165) is 12.8 Å². The summed E-state index contributed by atoms with van der Waals surface area (Å²) in [5, 5.41) is 3.01. The molecular weight excluding hydrogens is 307 g/mol. The Balaban J connectivity index is 1.70. The third-order valence-electron chi connectivity index (χ3n) is 4.37. The van der Waals surface area contributed by atoms with Crippen molar-refractivity contribution in [3.63, 3.8) is 0 Å². The number of piperidine rings is 1. The number of likely N-dealkylation sites (tertiary alicyclic amines) is 1. The Bertz CT molecular complexity index is 566. The molecule has 5 heteroatoms. The summed E-state index contributed by atoms with van der Waals surface area (Å²) >= 11 is 0. The smallest absolute Gasteiger partial charge is 0.222 e. The van der Waals surface area contributed by atoms with Crippen LogP contribution in [0.4, 0.5) is 4.39 Å². The van der Waals surface area contributed by atoms with Crippen LogP contribution in [0.1, 0.15) is 45.1 Å². The van der Waals surface area contributed by atoms with E-state index in [4.69, 9.17) is 0 Å². The zero-order valence-corrected chi connectivity index (χ0v) is 14.6. The number of halogens is 1. The Morgan fingerprint density at radius 2 is 1.92 bits per heavy atom. The molecule has 0 aliphatic carbocycles. The second-order valence-electron chi connectivity index (χ2n) is 6.91. The van der Waals surface area contributed by atoms with Gasteiger partial charge in [-0.05, 0) is 36.8 Å². The largest absolute Gasteiger partial charge is 0.353 e. The minimum Gasteiger partial charge on any atom is -0.353 e. The lowest BCUT2D eigenvalue weighted by Crippen LogP contribution is -2.46. The second kappa shape index (κ2) is 8.81. The number of rotatable bonds is 6. The van der Waals surface area contributed by atoms with Crippen LogP contribution in [0.25, 0.3) is 0 Å². The number of carbonyl (C=O) groups excluding carboxylic acids is 2. The van der Waals surface area contributed by atoms with Crippen LogP contribution in [0.3, 0.4) is 0 Å². The number of aryl methyl sites for hydroxylation is 1. The number of nitrogens with one attached hydrogen (secondary N) is 1. The fraction of sp³-hybridized carbons (Fsp3) is 0.579. The van der Waals surface area contributed by atoms with Gasteiger partial charge in [-0.3, -0.25) is 9.59 Å². The van der Waals surface area contributed by atoms with Crippen LogP contribution in [-0.2, 0) is 16.0 Å². The predicted molar refractivity (Wildman–Crippen MR) is 91.9 cm³/mol. The predicted octanol–water partition coefficient (Wildman–Crippen LogP) is 2.91. The summed E-state index contributed by atoms with van der Waals surface area (Å²) in [5.41, 5.74) is 0.571. The van der Waals surface area contributed by atoms with Gasteiger partial charge < -0.3 is 10.2 Å². The molecule has 1 heterocycles. The maximum atomic E-state index is 13.5. The summed E-state index contributed by atoms with van der Waals surface area (Å²) in [4.78, 5) is 26.0. The molecule has 0 bridgehead atoms. The minimum atomic E-state index is -0.262. The van der Waals surface area contributed by atoms with Gasteiger partial charge in [-0.25, -0.2) is 4.39 Å². The van der Waals surface area contributed by atoms with E-state index < -0.39 is 0 Å². The van der Waals surface area contributed by atoms with Crippen LogP contribution in [0, 0.1) is 11.7 Å². The molecule has 0 aromatic heterocycles. The first-order valence-corrected chi connectivity index (χ1v) is 8.76. The van der Waals surface area contributed by atoms with Gasteiger partial charge in [-0.1, -0.05) is 32.0 Å². The van der Waals surface area contributed by atoms with Crippen LogP contribution in [0.5, 0.6) is 0 Å². The summed E-state index contributed by atoms with van der Waals surface area (Å²) in [5.74, 6) is 0.259. The lowest BCUT2D eigenvalue weighted by Gasteiger charge is -2.33. The molecule has 0 spiro atoms. The minimum absolute atomic E-state index is 0.0507. The van der Waals surface area contributed by atoms with Crippen molar-refractivity contribution in [1.82, 2.24) is 10.2 Å². The van der Waals surface area contributed by atoms with E-state index in [9.17, 15) is 14.0 Å². The van der Waals surface area contributed by atoms with E-state index in [-0.39, 0.29) is 30.1 Å². The van der Waals surface area contributed by atoms with E-state index in [1.807, 2.05) is 18.7 Å². The van der Waals surface area contributed by atoms with Crippen LogP contribution in [-0.4, -0.2) is 35.8 Å². The molecular formula is C19H27FN2O2. The molecule has 1 N–H and O–H groups in total. The molecule has 1 fully saturated rings. The van der Waals surface area contributed by atoms with Crippen molar-refractivity contribution < 1.29 is 14.0 Å². The highest BCUT2D eigenvalue weighted by Crippen LogP contribution is 2.14. The van der Waals surface area contributed by atoms with Crippen LogP contribution < -0.4 is 5.32 Å². The highest BCUT2D eigenvalue weighted by atomic mass is 19.1. The first kappa shape index (κ1) is 18.4. The Kier molecular flexibility index (Phi) is 6.76. The SMILES string of the molecule is CC(C)CC(=O)N1CCC(NC(=O)CCc2ccccc2F)CC1. The average molecular weight is 334 g/mol. The van der Waals surface area contributed by atoms with Crippen molar-refractivity contribution in [3.8, 4) is 0 Å². The fourth-order valence-corrected chi connectivity index (χ4v) is 3.00. The quantitative estimate of drug-likeness (QED) is 0.869. The van der Waals surface area contributed by atoms with Gasteiger partial charge >= 0.3 is 0 Å². The van der Waals surface area contributed by atoms with Gasteiger partial charge in [-0.2, -0.15) is 0 Å². The van der Waals surface area contributed by atoms with E-state index in [1.165, 1.54) is 6.07 Å². The standard InChI is InChI=1S/C19H27FN2O2/c1-14(2)13-19(24)22-11-9-16(10-12-22)21-18(23)8-7-15-5-3-4-6-17(15)20/h3-6,14,16H,7-13H2,1-2H3,(H,21,23). The lowest BCUT2D eigenvalue weighted by atomic mass is 10.0. The summed E-state index contributed by atoms with van der Waals surface area (Å²) in [7, 11) is 0. The molecule has 1 aromatic rings. The number of amides is 2. The first-order valence-electron chi connectivity index (χ1n) is 8.76. The van der Waals surface area contributed by atoms with E-state index in [2.05, 4.69) is 5.32 Å². The zero-order chi connectivity index (χ0) is 17.5. The number of hydrogen-bond donors (Lipinski definition) is 1. The molecule has 1 aliphatic rings. The normalized spacial score (nSPS) is 15.6. The molecule has 1 saturated heterocycles. The summed E-state index contributed by atoms with van der Waals surface area (Å²) in [6, 6.07) is 6.66. The average Bonchev–Trinajstić information content (AvgIpc) is 2.54. The Hall–Kier alpha value is -1.91. The van der Waals surface area contributed by atoms with Crippen LogP contribution in [0.15, 0.2) is 24.3 Å². The van der Waals surface area contributed by atoms with Crippen molar-refractivity contribution in [2.75, 3.05) is 13.1 Å². The molecule has 0 radical (unpaired) electrons. The molecule has 2 rings (SSSR count). The van der Waals surface area contributed by atoms with Gasteiger partial charge in [0.05, 0.1) is 0 Å². The zero-order valence-electron chi connectivity index (χ0n) is 14.6. The van der Waals surface area contributed by atoms with Gasteiger partial charge in [0.1, 0.15) is 5.82 Å². The van der Waals surface area contributed by atoms with Gasteiger partial charge in [0.15, 0.2) is 0 Å². The van der Waals surface area contributed by atoms with Gasteiger partial charge in [-0.15, -0.1) is 0 Å². The summed E-state index contributed by atoms with van der Waals surface area (Å²) in [6.45, 7) is 5.48. The Labute approximate surface area is 143 Å². The number of hydrogen-bond acceptors (Lipinski definition) is 2. The summed E-state index contributed by atoms with van der Waals surface area (Å²) in [6.07, 6.45) is 2.85. The van der Waals surface area contributed by atoms with Crippen molar-refractivity contribution in [2.45, 2.75) is 52.0 Å². The molecule has 0 unspecified atom stereocenters. The van der Waals surface area contributed by atoms with E-state index in [0.29, 0.717) is 37.4 Å². The third-order valence-corrected chi connectivity index (χ3v) is 4.37. The highest BCUT2D eigenvalue weighted by Gasteiger charge is 2.24. The topological polar surface area (TPSA) is 49.4 Å². The van der Waals surface area contributed by atoms with E-state index in [1.54, 1.807) is 18.2 Å². The van der Waals surface area contributed by atoms with Crippen molar-refractivity contribution in [1.29, 1.82) is 0 Å². The maximum absolute atomic E-state index is 13.5. The molecule has 4 nitrogen and oxygen atoms in total. The van der Waals surface area contributed by atoms with Crippen LogP contribution in [0.2, 0.25) is 0 Å². The van der Waals surface area contributed by atoms with E-state index >= 15 is 0 Å². The number of carbonyl (C=O) groups is 2. The molecule has 1 aliphatic heterocycles. The van der Waals surface area contributed by atoms with Gasteiger partial charge in [0.25, 0.3) is 0 Å².